The zero-order valence-electron chi connectivity index (χ0n) is 34.7. The first-order chi connectivity index (χ1) is 30.6. The monoisotopic (exact) mass is 862 g/mol. The number of nitrogens with one attached hydrogen (secondary N) is 3. The molecule has 0 spiro atoms. The van der Waals surface area contributed by atoms with E-state index >= 15 is 0 Å². The minimum absolute atomic E-state index is 0.0653. The van der Waals surface area contributed by atoms with Gasteiger partial charge in [-0.05, 0) is 102 Å². The Bertz CT molecular complexity index is 2710. The highest BCUT2D eigenvalue weighted by Crippen LogP contribution is 2.36. The highest BCUT2D eigenvalue weighted by molar-refractivity contribution is 7.15. The van der Waals surface area contributed by atoms with Gasteiger partial charge in [-0.2, -0.15) is 0 Å². The van der Waals surface area contributed by atoms with E-state index in [1.807, 2.05) is 54.6 Å². The van der Waals surface area contributed by atoms with Crippen LogP contribution in [0.25, 0.3) is 21.3 Å². The number of carbonyl (C=O) groups excluding carboxylic acids is 2. The molecular formula is C51H50N4O7S. The number of H-pyrrole nitrogens is 1. The van der Waals surface area contributed by atoms with Gasteiger partial charge < -0.3 is 35.7 Å². The number of thiophene rings is 1. The smallest absolute Gasteiger partial charge is 0.347 e. The van der Waals surface area contributed by atoms with Gasteiger partial charge in [-0.3, -0.25) is 14.5 Å². The Morgan fingerprint density at radius 3 is 2.30 bits per heavy atom. The number of phenols is 1. The van der Waals surface area contributed by atoms with Gasteiger partial charge in [-0.1, -0.05) is 97.1 Å². The Labute approximate surface area is 369 Å². The summed E-state index contributed by atoms with van der Waals surface area (Å²) in [4.78, 5) is 45.8. The van der Waals surface area contributed by atoms with E-state index < -0.39 is 17.7 Å². The van der Waals surface area contributed by atoms with Crippen LogP contribution in [-0.2, 0) is 34.8 Å². The number of aromatic amines is 1. The molecule has 322 valence electrons. The molecule has 0 aliphatic carbocycles. The maximum atomic E-state index is 14.0. The summed E-state index contributed by atoms with van der Waals surface area (Å²) in [5.41, 5.74) is 2.89. The molecule has 0 saturated carbocycles. The molecule has 1 saturated heterocycles. The lowest BCUT2D eigenvalue weighted by Gasteiger charge is -2.33. The molecule has 1 fully saturated rings. The van der Waals surface area contributed by atoms with Crippen LogP contribution in [0.15, 0.2) is 150 Å². The number of aromatic nitrogens is 1. The summed E-state index contributed by atoms with van der Waals surface area (Å²) in [7, 11) is 0. The number of amides is 1. The molecule has 2 unspecified atom stereocenters. The number of likely N-dealkylation sites (tertiary alicyclic amines) is 1. The second-order valence-electron chi connectivity index (χ2n) is 16.0. The van der Waals surface area contributed by atoms with Gasteiger partial charge in [0.25, 0.3) is 5.91 Å². The van der Waals surface area contributed by atoms with E-state index in [4.69, 9.17) is 4.74 Å². The van der Waals surface area contributed by atoms with Crippen LogP contribution in [-0.4, -0.2) is 63.3 Å². The topological polar surface area (TPSA) is 164 Å². The maximum absolute atomic E-state index is 14.0. The molecule has 1 aliphatic heterocycles. The number of hydrogen-bond acceptors (Lipinski definition) is 10. The van der Waals surface area contributed by atoms with Gasteiger partial charge in [0, 0.05) is 52.0 Å². The molecule has 3 heterocycles. The number of rotatable bonds is 16. The van der Waals surface area contributed by atoms with Crippen molar-refractivity contribution in [2.75, 3.05) is 26.2 Å². The van der Waals surface area contributed by atoms with Crippen LogP contribution in [0.4, 0.5) is 0 Å². The first kappa shape index (κ1) is 43.2. The molecule has 8 rings (SSSR count). The summed E-state index contributed by atoms with van der Waals surface area (Å²) in [6.45, 7) is 3.97. The number of aromatic hydroxyl groups is 1. The highest BCUT2D eigenvalue weighted by atomic mass is 32.1. The molecule has 5 aromatic carbocycles. The molecule has 6 N–H and O–H groups in total. The molecule has 0 radical (unpaired) electrons. The third-order valence-electron chi connectivity index (χ3n) is 11.7. The van der Waals surface area contributed by atoms with Crippen LogP contribution < -0.4 is 16.2 Å². The van der Waals surface area contributed by atoms with Crippen molar-refractivity contribution in [2.45, 2.75) is 44.2 Å². The minimum atomic E-state index is -2.01. The van der Waals surface area contributed by atoms with Crippen molar-refractivity contribution in [3.05, 3.63) is 194 Å². The van der Waals surface area contributed by atoms with Crippen molar-refractivity contribution in [1.29, 1.82) is 0 Å². The number of phenolic OH excluding ortho intramolecular Hbond substituents is 1. The van der Waals surface area contributed by atoms with Gasteiger partial charge in [-0.15, -0.1) is 11.3 Å². The SMILES string of the molecule is O=C(NCc1ccc(-c2cccc(C(O)(C(=O)OCC3CCN(Cc4ccccc4)CC3)c3ccccc3)c2)s1)c1ccc(CNCC(O)c2ccc(O)c3[nH]c(=O)ccc23)cc1. The lowest BCUT2D eigenvalue weighted by molar-refractivity contribution is -0.164. The van der Waals surface area contributed by atoms with Gasteiger partial charge in [0.1, 0.15) is 5.75 Å². The first-order valence-corrected chi connectivity index (χ1v) is 22.0. The van der Waals surface area contributed by atoms with Gasteiger partial charge in [0.15, 0.2) is 0 Å². The molecule has 1 amide bonds. The summed E-state index contributed by atoms with van der Waals surface area (Å²) in [6, 6.07) is 43.9. The predicted molar refractivity (Wildman–Crippen MR) is 245 cm³/mol. The molecule has 63 heavy (non-hydrogen) atoms. The van der Waals surface area contributed by atoms with Crippen molar-refractivity contribution in [3.63, 3.8) is 0 Å². The number of aliphatic hydroxyl groups is 2. The van der Waals surface area contributed by atoms with E-state index in [1.165, 1.54) is 29.0 Å². The van der Waals surface area contributed by atoms with E-state index in [-0.39, 0.29) is 41.8 Å². The third kappa shape index (κ3) is 10.3. The Kier molecular flexibility index (Phi) is 13.6. The Balaban J connectivity index is 0.848. The number of esters is 1. The fraction of sp³-hybridized carbons (Fsp3) is 0.235. The largest absolute Gasteiger partial charge is 0.506 e. The maximum Gasteiger partial charge on any atom is 0.347 e. The quantitative estimate of drug-likeness (QED) is 0.0544. The molecule has 11 nitrogen and oxygen atoms in total. The molecule has 7 aromatic rings. The van der Waals surface area contributed by atoms with Crippen molar-refractivity contribution in [3.8, 4) is 16.2 Å². The van der Waals surface area contributed by atoms with Gasteiger partial charge in [0.2, 0.25) is 11.2 Å². The number of piperidine rings is 1. The number of hydrogen-bond donors (Lipinski definition) is 6. The lowest BCUT2D eigenvalue weighted by atomic mass is 9.85. The van der Waals surface area contributed by atoms with Crippen LogP contribution in [0, 0.1) is 5.92 Å². The zero-order chi connectivity index (χ0) is 43.8. The van der Waals surface area contributed by atoms with Crippen LogP contribution >= 0.6 is 11.3 Å². The summed E-state index contributed by atoms with van der Waals surface area (Å²) in [5, 5.41) is 40.1. The van der Waals surface area contributed by atoms with E-state index in [2.05, 4.69) is 44.8 Å². The molecule has 2 aromatic heterocycles. The molecule has 2 atom stereocenters. The summed E-state index contributed by atoms with van der Waals surface area (Å²) in [5.74, 6) is -0.773. The average Bonchev–Trinajstić information content (AvgIpc) is 3.80. The number of carbonyl (C=O) groups is 2. The number of fused-ring (bicyclic) bond motifs is 1. The predicted octanol–water partition coefficient (Wildman–Crippen LogP) is 7.41. The minimum Gasteiger partial charge on any atom is -0.506 e. The molecular weight excluding hydrogens is 813 g/mol. The van der Waals surface area contributed by atoms with Gasteiger partial charge >= 0.3 is 5.97 Å². The summed E-state index contributed by atoms with van der Waals surface area (Å²) in [6.07, 6.45) is 0.932. The fourth-order valence-corrected chi connectivity index (χ4v) is 9.06. The normalized spacial score (nSPS) is 14.8. The van der Waals surface area contributed by atoms with Crippen LogP contribution in [0.2, 0.25) is 0 Å². The number of aliphatic hydroxyl groups excluding tert-OH is 1. The molecule has 0 bridgehead atoms. The van der Waals surface area contributed by atoms with E-state index in [0.717, 1.165) is 53.4 Å². The fourth-order valence-electron chi connectivity index (χ4n) is 8.11. The van der Waals surface area contributed by atoms with E-state index in [1.54, 1.807) is 54.6 Å². The average molecular weight is 863 g/mol. The zero-order valence-corrected chi connectivity index (χ0v) is 35.5. The van der Waals surface area contributed by atoms with Crippen LogP contribution in [0.3, 0.4) is 0 Å². The van der Waals surface area contributed by atoms with Gasteiger partial charge in [0.05, 0.1) is 24.8 Å². The molecule has 12 heteroatoms. The Hall–Kier alpha value is -6.41. The second-order valence-corrected chi connectivity index (χ2v) is 17.2. The number of ether oxygens (including phenoxy) is 1. The van der Waals surface area contributed by atoms with E-state index in [0.29, 0.717) is 40.7 Å². The van der Waals surface area contributed by atoms with Crippen molar-refractivity contribution in [2.24, 2.45) is 5.92 Å². The van der Waals surface area contributed by atoms with Crippen molar-refractivity contribution < 1.29 is 29.6 Å². The summed E-state index contributed by atoms with van der Waals surface area (Å²) >= 11 is 1.52. The van der Waals surface area contributed by atoms with Crippen LogP contribution in [0.5, 0.6) is 5.75 Å². The third-order valence-corrected chi connectivity index (χ3v) is 12.8. The highest BCUT2D eigenvalue weighted by Gasteiger charge is 2.42. The number of pyridine rings is 1. The van der Waals surface area contributed by atoms with Crippen LogP contribution in [0.1, 0.15) is 62.0 Å². The lowest BCUT2D eigenvalue weighted by Crippen LogP contribution is -2.40. The van der Waals surface area contributed by atoms with Crippen molar-refractivity contribution in [1.82, 2.24) is 20.5 Å². The standard InChI is InChI=1S/C51H50N4O7S/c56-44-21-19-42(43-20-23-47(58)54-48(43)44)45(57)31-52-29-34-14-16-37(17-15-34)49(59)53-30-41-18-22-46(63-41)38-10-7-13-40(28-38)51(61,39-11-5-2-6-12-39)50(60)62-33-36-24-26-55(27-25-36)32-35-8-3-1-4-9-35/h1-23,28,36,45,52,56-57,61H,24-27,29-33H2,(H,53,59)(H,54,58). The molecule has 1 aliphatic rings. The first-order valence-electron chi connectivity index (χ1n) is 21.2. The van der Waals surface area contributed by atoms with E-state index in [9.17, 15) is 29.7 Å². The number of benzene rings is 5. The van der Waals surface area contributed by atoms with Gasteiger partial charge in [-0.25, -0.2) is 4.79 Å². The Morgan fingerprint density at radius 1 is 0.810 bits per heavy atom. The summed E-state index contributed by atoms with van der Waals surface area (Å²) < 4.78 is 5.94. The second kappa shape index (κ2) is 19.7. The Morgan fingerprint density at radius 2 is 1.54 bits per heavy atom. The van der Waals surface area contributed by atoms with Crippen molar-refractivity contribution >= 4 is 34.1 Å². The number of nitrogens with zero attached hydrogens (tertiary/aromatic N) is 1.